The van der Waals surface area contributed by atoms with Gasteiger partial charge in [-0.25, -0.2) is 0 Å². The van der Waals surface area contributed by atoms with Crippen LogP contribution in [0.2, 0.25) is 9.63 Å². The Balaban J connectivity index is 1.38. The summed E-state index contributed by atoms with van der Waals surface area (Å²) in [5.41, 5.74) is 2.83. The van der Waals surface area contributed by atoms with E-state index in [2.05, 4.69) is 78.0 Å². The fourth-order valence-corrected chi connectivity index (χ4v) is 12.2. The van der Waals surface area contributed by atoms with Gasteiger partial charge in [-0.05, 0) is 0 Å². The third-order valence-electron chi connectivity index (χ3n) is 5.79. The standard InChI is InChI=1S/C24H32N2O2Se2/c1-23(2,3)19-13-27-21(25-19)15-9-7-11-17(15)29-30-18-12-8-10-16(18)22-26-20(14-28-22)24(4,5)6/h7-12,17-20H,13-14H2,1-6H3/t17?,18?,19-,20-/m1/s1. The van der Waals surface area contributed by atoms with Crippen LogP contribution in [0.1, 0.15) is 41.5 Å². The maximum absolute atomic E-state index is 6.02. The Labute approximate surface area is 191 Å². The molecule has 0 amide bonds. The summed E-state index contributed by atoms with van der Waals surface area (Å²) < 4.78 is 12.0. The van der Waals surface area contributed by atoms with Crippen molar-refractivity contribution in [3.05, 3.63) is 47.6 Å². The topological polar surface area (TPSA) is 43.2 Å². The molecule has 0 saturated carbocycles. The predicted molar refractivity (Wildman–Crippen MR) is 127 cm³/mol. The van der Waals surface area contributed by atoms with E-state index in [4.69, 9.17) is 19.5 Å². The molecule has 2 heterocycles. The fourth-order valence-electron chi connectivity index (χ4n) is 3.54. The molecule has 162 valence electrons. The Morgan fingerprint density at radius 3 is 1.47 bits per heavy atom. The van der Waals surface area contributed by atoms with Gasteiger partial charge in [0.2, 0.25) is 0 Å². The van der Waals surface area contributed by atoms with Gasteiger partial charge in [-0.3, -0.25) is 0 Å². The third kappa shape index (κ3) is 4.72. The first-order chi connectivity index (χ1) is 14.1. The summed E-state index contributed by atoms with van der Waals surface area (Å²) in [4.78, 5) is 10.8. The zero-order valence-electron chi connectivity index (χ0n) is 18.7. The summed E-state index contributed by atoms with van der Waals surface area (Å²) in [6.45, 7) is 14.8. The van der Waals surface area contributed by atoms with Gasteiger partial charge in [-0.15, -0.1) is 0 Å². The molecule has 4 aliphatic rings. The molecule has 30 heavy (non-hydrogen) atoms. The number of rotatable bonds is 5. The van der Waals surface area contributed by atoms with Crippen LogP contribution in [0.15, 0.2) is 57.6 Å². The molecular weight excluding hydrogens is 506 g/mol. The normalized spacial score (nSPS) is 30.7. The third-order valence-corrected chi connectivity index (χ3v) is 14.4. The minimum atomic E-state index is 0.139. The molecule has 4 atom stereocenters. The number of ether oxygens (including phenoxy) is 2. The molecule has 0 N–H and O–H groups in total. The number of hydrogen-bond acceptors (Lipinski definition) is 4. The average molecular weight is 538 g/mol. The molecule has 2 aliphatic heterocycles. The minimum absolute atomic E-state index is 0.139. The first kappa shape index (κ1) is 22.1. The van der Waals surface area contributed by atoms with Gasteiger partial charge in [-0.1, -0.05) is 0 Å². The van der Waals surface area contributed by atoms with Crippen molar-refractivity contribution in [2.24, 2.45) is 20.8 Å². The number of allylic oxidation sites excluding steroid dienone is 6. The van der Waals surface area contributed by atoms with Gasteiger partial charge >= 0.3 is 192 Å². The van der Waals surface area contributed by atoms with Crippen LogP contribution in [0.25, 0.3) is 0 Å². The number of nitrogens with zero attached hydrogens (tertiary/aromatic N) is 2. The van der Waals surface area contributed by atoms with Crippen LogP contribution in [0.3, 0.4) is 0 Å². The van der Waals surface area contributed by atoms with Crippen LogP contribution in [-0.2, 0) is 9.47 Å². The molecule has 0 aromatic heterocycles. The fraction of sp³-hybridized carbons (Fsp3) is 0.583. The van der Waals surface area contributed by atoms with Gasteiger partial charge in [0, 0.05) is 0 Å². The van der Waals surface area contributed by atoms with E-state index in [0.29, 0.717) is 49.1 Å². The van der Waals surface area contributed by atoms with Crippen molar-refractivity contribution in [2.75, 3.05) is 13.2 Å². The zero-order chi connectivity index (χ0) is 21.5. The Morgan fingerprint density at radius 1 is 0.733 bits per heavy atom. The first-order valence-electron chi connectivity index (χ1n) is 10.6. The summed E-state index contributed by atoms with van der Waals surface area (Å²) in [5.74, 6) is 1.74. The molecule has 0 saturated heterocycles. The van der Waals surface area contributed by atoms with E-state index in [1.165, 1.54) is 11.1 Å². The molecule has 4 rings (SSSR count). The molecule has 4 nitrogen and oxygen atoms in total. The van der Waals surface area contributed by atoms with Crippen LogP contribution in [0.4, 0.5) is 0 Å². The van der Waals surface area contributed by atoms with E-state index in [0.717, 1.165) is 11.8 Å². The molecule has 0 aromatic carbocycles. The van der Waals surface area contributed by atoms with Gasteiger partial charge in [0.15, 0.2) is 0 Å². The van der Waals surface area contributed by atoms with Crippen molar-refractivity contribution in [1.29, 1.82) is 0 Å². The van der Waals surface area contributed by atoms with Crippen molar-refractivity contribution in [3.63, 3.8) is 0 Å². The monoisotopic (exact) mass is 540 g/mol. The van der Waals surface area contributed by atoms with Crippen LogP contribution >= 0.6 is 0 Å². The van der Waals surface area contributed by atoms with Crippen molar-refractivity contribution in [3.8, 4) is 0 Å². The van der Waals surface area contributed by atoms with Crippen molar-refractivity contribution < 1.29 is 9.47 Å². The van der Waals surface area contributed by atoms with E-state index in [-0.39, 0.29) is 22.9 Å². The molecule has 0 bridgehead atoms. The predicted octanol–water partition coefficient (Wildman–Crippen LogP) is 4.57. The van der Waals surface area contributed by atoms with Gasteiger partial charge < -0.3 is 0 Å². The summed E-state index contributed by atoms with van der Waals surface area (Å²) in [7, 11) is 0. The molecule has 6 heteroatoms. The molecule has 0 aromatic rings. The van der Waals surface area contributed by atoms with E-state index >= 15 is 0 Å². The zero-order valence-corrected chi connectivity index (χ0v) is 22.1. The van der Waals surface area contributed by atoms with Crippen LogP contribution in [-0.4, -0.2) is 63.4 Å². The first-order valence-corrected chi connectivity index (χ1v) is 16.9. The second kappa shape index (κ2) is 8.47. The summed E-state index contributed by atoms with van der Waals surface area (Å²) in [6.07, 6.45) is 13.4. The van der Waals surface area contributed by atoms with E-state index in [1.54, 1.807) is 0 Å². The Morgan fingerprint density at radius 2 is 1.13 bits per heavy atom. The van der Waals surface area contributed by atoms with Gasteiger partial charge in [0.25, 0.3) is 0 Å². The van der Waals surface area contributed by atoms with Crippen molar-refractivity contribution in [2.45, 2.75) is 63.3 Å². The molecular formula is C24H32N2O2Se2. The molecule has 2 aliphatic carbocycles. The second-order valence-electron chi connectivity index (χ2n) is 10.3. The molecule has 2 unspecified atom stereocenters. The van der Waals surface area contributed by atoms with Gasteiger partial charge in [0.05, 0.1) is 0 Å². The van der Waals surface area contributed by atoms with Crippen LogP contribution < -0.4 is 0 Å². The summed E-state index contributed by atoms with van der Waals surface area (Å²) >= 11 is 0.942. The number of hydrogen-bond donors (Lipinski definition) is 0. The Kier molecular flexibility index (Phi) is 6.25. The van der Waals surface area contributed by atoms with E-state index < -0.39 is 0 Å². The number of aliphatic imine (C=N–C) groups is 2. The molecule has 0 radical (unpaired) electrons. The van der Waals surface area contributed by atoms with Crippen molar-refractivity contribution >= 4 is 38.1 Å². The maximum atomic E-state index is 6.02. The molecule has 0 spiro atoms. The van der Waals surface area contributed by atoms with Crippen LogP contribution in [0, 0.1) is 10.8 Å². The second-order valence-corrected chi connectivity index (χ2v) is 17.4. The van der Waals surface area contributed by atoms with Gasteiger partial charge in [-0.2, -0.15) is 0 Å². The van der Waals surface area contributed by atoms with Crippen molar-refractivity contribution in [1.82, 2.24) is 0 Å². The Hall–Kier alpha value is -1.06. The van der Waals surface area contributed by atoms with Crippen LogP contribution in [0.5, 0.6) is 0 Å². The van der Waals surface area contributed by atoms with E-state index in [1.807, 2.05) is 0 Å². The summed E-state index contributed by atoms with van der Waals surface area (Å²) in [6, 6.07) is 0.488. The van der Waals surface area contributed by atoms with Gasteiger partial charge in [0.1, 0.15) is 0 Å². The average Bonchev–Trinajstić information content (AvgIpc) is 3.45. The molecule has 0 fully saturated rings. The summed E-state index contributed by atoms with van der Waals surface area (Å²) in [5, 5.41) is 0. The SMILES string of the molecule is CC(C)(C)[C@H]1COC(C2=CC=CC2[Se][Se]C2C=CC=C2C2=N[C@@H](C(C)(C)C)CO2)=N1. The Bertz CT molecular complexity index is 797. The van der Waals surface area contributed by atoms with E-state index in [9.17, 15) is 0 Å². The quantitative estimate of drug-likeness (QED) is 0.482.